The summed E-state index contributed by atoms with van der Waals surface area (Å²) < 4.78 is 29.7. The van der Waals surface area contributed by atoms with E-state index in [1.807, 2.05) is 19.9 Å². The lowest BCUT2D eigenvalue weighted by Crippen LogP contribution is -2.29. The Bertz CT molecular complexity index is 1350. The van der Waals surface area contributed by atoms with Crippen LogP contribution in [0, 0.1) is 19.7 Å². The number of aryl methyl sites for hydroxylation is 2. The normalized spacial score (nSPS) is 11.4. The highest BCUT2D eigenvalue weighted by molar-refractivity contribution is 6.05. The maximum atomic E-state index is 13.4. The number of amides is 1. The molecule has 2 heterocycles. The molecule has 0 unspecified atom stereocenters. The molecule has 2 aromatic carbocycles. The molecule has 0 atom stereocenters. The van der Waals surface area contributed by atoms with Crippen LogP contribution < -0.4 is 10.9 Å². The van der Waals surface area contributed by atoms with Crippen LogP contribution in [0.25, 0.3) is 33.1 Å². The summed E-state index contributed by atoms with van der Waals surface area (Å²) in [7, 11) is 1.60. The first kappa shape index (κ1) is 21.8. The van der Waals surface area contributed by atoms with Crippen molar-refractivity contribution in [3.05, 3.63) is 69.5 Å². The number of halogens is 1. The highest BCUT2D eigenvalue weighted by Gasteiger charge is 2.20. The Labute approximate surface area is 184 Å². The summed E-state index contributed by atoms with van der Waals surface area (Å²) in [5.41, 5.74) is 3.85. The number of rotatable bonds is 7. The van der Waals surface area contributed by atoms with E-state index in [0.29, 0.717) is 47.4 Å². The summed E-state index contributed by atoms with van der Waals surface area (Å²) in [5, 5.41) is 4.36. The molecule has 0 radical (unpaired) electrons. The Morgan fingerprint density at radius 2 is 1.84 bits per heavy atom. The number of carbonyl (C=O) groups is 1. The van der Waals surface area contributed by atoms with Crippen LogP contribution in [-0.4, -0.2) is 26.2 Å². The first-order valence-corrected chi connectivity index (χ1v) is 10.4. The molecular formula is C25H24FNO5. The highest BCUT2D eigenvalue weighted by Crippen LogP contribution is 2.37. The van der Waals surface area contributed by atoms with Crippen LogP contribution in [0.4, 0.5) is 4.39 Å². The van der Waals surface area contributed by atoms with Gasteiger partial charge in [0, 0.05) is 42.2 Å². The third-order valence-electron chi connectivity index (χ3n) is 5.68. The molecule has 0 bridgehead atoms. The third kappa shape index (κ3) is 4.03. The van der Waals surface area contributed by atoms with Crippen molar-refractivity contribution in [3.63, 3.8) is 0 Å². The molecule has 0 saturated carbocycles. The van der Waals surface area contributed by atoms with Gasteiger partial charge in [-0.1, -0.05) is 12.1 Å². The molecule has 2 aromatic heterocycles. The molecule has 4 aromatic rings. The number of ether oxygens (including phenoxy) is 1. The summed E-state index contributed by atoms with van der Waals surface area (Å²) in [6.45, 7) is 4.66. The van der Waals surface area contributed by atoms with E-state index in [9.17, 15) is 14.0 Å². The van der Waals surface area contributed by atoms with Crippen molar-refractivity contribution in [2.75, 3.05) is 20.3 Å². The minimum Gasteiger partial charge on any atom is -0.463 e. The zero-order valence-electron chi connectivity index (χ0n) is 18.2. The van der Waals surface area contributed by atoms with E-state index in [-0.39, 0.29) is 18.1 Å². The molecule has 1 amide bonds. The van der Waals surface area contributed by atoms with Crippen molar-refractivity contribution in [1.82, 2.24) is 5.32 Å². The Morgan fingerprint density at radius 3 is 2.56 bits per heavy atom. The largest absolute Gasteiger partial charge is 0.463 e. The van der Waals surface area contributed by atoms with Crippen LogP contribution in [0.5, 0.6) is 0 Å². The van der Waals surface area contributed by atoms with Gasteiger partial charge in [-0.25, -0.2) is 9.18 Å². The van der Waals surface area contributed by atoms with E-state index in [2.05, 4.69) is 5.32 Å². The van der Waals surface area contributed by atoms with E-state index in [4.69, 9.17) is 13.6 Å². The Morgan fingerprint density at radius 1 is 1.09 bits per heavy atom. The number of hydrogen-bond acceptors (Lipinski definition) is 5. The van der Waals surface area contributed by atoms with Crippen LogP contribution in [-0.2, 0) is 16.0 Å². The van der Waals surface area contributed by atoms with Crippen LogP contribution in [0.3, 0.4) is 0 Å². The van der Waals surface area contributed by atoms with Gasteiger partial charge in [-0.2, -0.15) is 0 Å². The van der Waals surface area contributed by atoms with Crippen LogP contribution >= 0.6 is 0 Å². The fourth-order valence-electron chi connectivity index (χ4n) is 3.92. The molecule has 32 heavy (non-hydrogen) atoms. The number of furan rings is 1. The molecule has 1 N–H and O–H groups in total. The lowest BCUT2D eigenvalue weighted by molar-refractivity contribution is -0.120. The van der Waals surface area contributed by atoms with Gasteiger partial charge in [0.05, 0.1) is 18.2 Å². The van der Waals surface area contributed by atoms with Crippen molar-refractivity contribution in [2.45, 2.75) is 26.7 Å². The van der Waals surface area contributed by atoms with Gasteiger partial charge in [-0.3, -0.25) is 4.79 Å². The fraction of sp³-hybridized carbons (Fsp3) is 0.280. The maximum Gasteiger partial charge on any atom is 0.340 e. The average molecular weight is 437 g/mol. The molecular weight excluding hydrogens is 413 g/mol. The van der Waals surface area contributed by atoms with Crippen molar-refractivity contribution in [1.29, 1.82) is 0 Å². The molecule has 6 nitrogen and oxygen atoms in total. The van der Waals surface area contributed by atoms with Gasteiger partial charge < -0.3 is 18.9 Å². The maximum absolute atomic E-state index is 13.4. The fourth-order valence-corrected chi connectivity index (χ4v) is 3.92. The predicted molar refractivity (Wildman–Crippen MR) is 120 cm³/mol. The first-order valence-electron chi connectivity index (χ1n) is 10.4. The Kier molecular flexibility index (Phi) is 6.10. The summed E-state index contributed by atoms with van der Waals surface area (Å²) in [4.78, 5) is 25.0. The number of nitrogens with one attached hydrogen (secondary N) is 1. The minimum absolute atomic E-state index is 0.0651. The zero-order chi connectivity index (χ0) is 22.8. The number of fused-ring (bicyclic) bond motifs is 2. The summed E-state index contributed by atoms with van der Waals surface area (Å²) in [6.07, 6.45) is 2.24. The molecule has 0 fully saturated rings. The van der Waals surface area contributed by atoms with Gasteiger partial charge in [-0.05, 0) is 49.6 Å². The van der Waals surface area contributed by atoms with Crippen LogP contribution in [0.15, 0.2) is 50.2 Å². The standard InChI is InChI=1S/C25H24FNO5/c1-14-18-11-20-21(16-5-7-17(26)8-6-16)13-31-23(20)15(2)24(18)32-25(29)19(14)12-22(28)27-9-4-10-30-3/h5-8,11,13H,4,9-10,12H2,1-3H3,(H,27,28). The number of benzene rings is 2. The van der Waals surface area contributed by atoms with Crippen molar-refractivity contribution in [2.24, 2.45) is 0 Å². The second kappa shape index (κ2) is 8.96. The molecule has 7 heteroatoms. The van der Waals surface area contributed by atoms with Gasteiger partial charge >= 0.3 is 5.63 Å². The number of carbonyl (C=O) groups excluding carboxylic acids is 1. The Balaban J connectivity index is 1.77. The van der Waals surface area contributed by atoms with E-state index >= 15 is 0 Å². The molecule has 0 aliphatic carbocycles. The molecule has 4 rings (SSSR count). The topological polar surface area (TPSA) is 81.7 Å². The lowest BCUT2D eigenvalue weighted by Gasteiger charge is -2.11. The summed E-state index contributed by atoms with van der Waals surface area (Å²) in [5.74, 6) is -0.560. The van der Waals surface area contributed by atoms with Crippen molar-refractivity contribution in [3.8, 4) is 11.1 Å². The quantitative estimate of drug-likeness (QED) is 0.336. The number of hydrogen-bond donors (Lipinski definition) is 1. The lowest BCUT2D eigenvalue weighted by atomic mass is 9.97. The van der Waals surface area contributed by atoms with E-state index in [1.165, 1.54) is 12.1 Å². The van der Waals surface area contributed by atoms with Gasteiger partial charge in [0.2, 0.25) is 5.91 Å². The van der Waals surface area contributed by atoms with E-state index in [0.717, 1.165) is 21.9 Å². The van der Waals surface area contributed by atoms with Gasteiger partial charge in [0.15, 0.2) is 0 Å². The number of methoxy groups -OCH3 is 1. The predicted octanol–water partition coefficient (Wildman–Crippen LogP) is 4.66. The van der Waals surface area contributed by atoms with Crippen LogP contribution in [0.2, 0.25) is 0 Å². The van der Waals surface area contributed by atoms with Crippen molar-refractivity contribution >= 4 is 27.8 Å². The third-order valence-corrected chi connectivity index (χ3v) is 5.68. The smallest absolute Gasteiger partial charge is 0.340 e. The minimum atomic E-state index is -0.533. The molecule has 0 aliphatic rings. The van der Waals surface area contributed by atoms with Crippen molar-refractivity contribution < 1.29 is 22.8 Å². The Hall–Kier alpha value is -3.45. The van der Waals surface area contributed by atoms with Gasteiger partial charge in [-0.15, -0.1) is 0 Å². The van der Waals surface area contributed by atoms with Gasteiger partial charge in [0.1, 0.15) is 17.0 Å². The van der Waals surface area contributed by atoms with E-state index < -0.39 is 5.63 Å². The highest BCUT2D eigenvalue weighted by atomic mass is 19.1. The summed E-state index contributed by atoms with van der Waals surface area (Å²) in [6, 6.07) is 8.08. The summed E-state index contributed by atoms with van der Waals surface area (Å²) >= 11 is 0. The average Bonchev–Trinajstić information content (AvgIpc) is 3.20. The molecule has 0 saturated heterocycles. The van der Waals surface area contributed by atoms with Crippen LogP contribution in [0.1, 0.15) is 23.1 Å². The second-order valence-electron chi connectivity index (χ2n) is 7.78. The molecule has 166 valence electrons. The second-order valence-corrected chi connectivity index (χ2v) is 7.78. The molecule has 0 aliphatic heterocycles. The monoisotopic (exact) mass is 437 g/mol. The van der Waals surface area contributed by atoms with Gasteiger partial charge in [0.25, 0.3) is 0 Å². The molecule has 0 spiro atoms. The SMILES string of the molecule is COCCCNC(=O)Cc1c(C)c2cc3c(-c4ccc(F)cc4)coc3c(C)c2oc1=O. The first-order chi connectivity index (χ1) is 15.4. The zero-order valence-corrected chi connectivity index (χ0v) is 18.2. The van der Waals surface area contributed by atoms with E-state index in [1.54, 1.807) is 25.5 Å².